The summed E-state index contributed by atoms with van der Waals surface area (Å²) in [7, 11) is 1.86. The van der Waals surface area contributed by atoms with E-state index in [1.54, 1.807) is 28.2 Å². The quantitative estimate of drug-likeness (QED) is 0.537. The van der Waals surface area contributed by atoms with E-state index in [-0.39, 0.29) is 17.1 Å². The Morgan fingerprint density at radius 2 is 2.27 bits per heavy atom. The van der Waals surface area contributed by atoms with Crippen LogP contribution in [0.1, 0.15) is 0 Å². The fraction of sp³-hybridized carbons (Fsp3) is 0.353. The highest BCUT2D eigenvalue weighted by Crippen LogP contribution is 2.27. The summed E-state index contributed by atoms with van der Waals surface area (Å²) in [5, 5.41) is 13.9. The standard InChI is InChI=1S/C17H19N3O4S2/c1-19-11(7-23-15-8-26-9-16(15)25)6-20(18-19)13-4-10-2-3-12(21)5-14(10)24-17(13)22/h2-6,15-16,18,21,25H,7-9H2,1H3/t15-,16+/m1/s1. The maximum Gasteiger partial charge on any atom is 0.361 e. The number of anilines is 1. The zero-order valence-electron chi connectivity index (χ0n) is 14.1. The zero-order valence-corrected chi connectivity index (χ0v) is 15.8. The molecule has 3 heterocycles. The van der Waals surface area contributed by atoms with E-state index in [0.717, 1.165) is 22.6 Å². The number of hydrazine groups is 2. The first-order valence-electron chi connectivity index (χ1n) is 8.15. The molecule has 0 unspecified atom stereocenters. The topological polar surface area (TPSA) is 78.2 Å². The number of thioether (sulfide) groups is 1. The number of thiol groups is 1. The van der Waals surface area contributed by atoms with Crippen LogP contribution in [0.2, 0.25) is 0 Å². The summed E-state index contributed by atoms with van der Waals surface area (Å²) in [6, 6.07) is 6.40. The minimum atomic E-state index is -0.495. The Morgan fingerprint density at radius 1 is 1.42 bits per heavy atom. The Morgan fingerprint density at radius 3 is 3.04 bits per heavy atom. The number of phenols is 1. The van der Waals surface area contributed by atoms with Gasteiger partial charge in [0.25, 0.3) is 0 Å². The molecule has 138 valence electrons. The van der Waals surface area contributed by atoms with E-state index < -0.39 is 5.63 Å². The summed E-state index contributed by atoms with van der Waals surface area (Å²) in [4.78, 5) is 12.3. The smallest absolute Gasteiger partial charge is 0.361 e. The molecule has 2 N–H and O–H groups in total. The van der Waals surface area contributed by atoms with Crippen molar-refractivity contribution in [2.75, 3.05) is 30.2 Å². The van der Waals surface area contributed by atoms with Crippen LogP contribution >= 0.6 is 24.4 Å². The molecule has 26 heavy (non-hydrogen) atoms. The average molecular weight is 393 g/mol. The van der Waals surface area contributed by atoms with E-state index in [4.69, 9.17) is 9.15 Å². The first kappa shape index (κ1) is 17.6. The van der Waals surface area contributed by atoms with Crippen molar-refractivity contribution in [2.24, 2.45) is 0 Å². The summed E-state index contributed by atoms with van der Waals surface area (Å²) in [5.41, 5.74) is 4.18. The number of fused-ring (bicyclic) bond motifs is 1. The highest BCUT2D eigenvalue weighted by atomic mass is 32.2. The lowest BCUT2D eigenvalue weighted by Gasteiger charge is -2.21. The van der Waals surface area contributed by atoms with Gasteiger partial charge in [0.05, 0.1) is 18.4 Å². The molecule has 0 aliphatic carbocycles. The fourth-order valence-corrected chi connectivity index (χ4v) is 4.68. The van der Waals surface area contributed by atoms with Crippen LogP contribution in [-0.2, 0) is 4.74 Å². The van der Waals surface area contributed by atoms with Gasteiger partial charge in [-0.25, -0.2) is 4.79 Å². The molecule has 0 saturated carbocycles. The molecule has 0 spiro atoms. The van der Waals surface area contributed by atoms with Crippen molar-refractivity contribution in [2.45, 2.75) is 11.4 Å². The first-order chi connectivity index (χ1) is 12.5. The maximum absolute atomic E-state index is 12.3. The highest BCUT2D eigenvalue weighted by Gasteiger charge is 2.28. The predicted molar refractivity (Wildman–Crippen MR) is 105 cm³/mol. The van der Waals surface area contributed by atoms with Crippen LogP contribution in [0.15, 0.2) is 45.4 Å². The fourth-order valence-electron chi connectivity index (χ4n) is 2.88. The van der Waals surface area contributed by atoms with E-state index in [1.165, 1.54) is 6.07 Å². The van der Waals surface area contributed by atoms with Gasteiger partial charge >= 0.3 is 5.63 Å². The second kappa shape index (κ2) is 7.07. The normalized spacial score (nSPS) is 23.1. The van der Waals surface area contributed by atoms with Crippen molar-refractivity contribution in [3.8, 4) is 5.75 Å². The summed E-state index contributed by atoms with van der Waals surface area (Å²) in [6.45, 7) is 0.426. The predicted octanol–water partition coefficient (Wildman–Crippen LogP) is 1.94. The molecule has 0 radical (unpaired) electrons. The summed E-state index contributed by atoms with van der Waals surface area (Å²) < 4.78 is 11.3. The summed E-state index contributed by atoms with van der Waals surface area (Å²) >= 11 is 6.38. The SMILES string of the molecule is CN1NN(c2cc3ccc(O)cc3oc2=O)C=C1CO[C@@H]1CSC[C@@H]1S. The Kier molecular flexibility index (Phi) is 4.78. The molecule has 1 fully saturated rings. The molecule has 1 saturated heterocycles. The Labute approximate surface area is 159 Å². The lowest BCUT2D eigenvalue weighted by atomic mass is 10.2. The second-order valence-corrected chi connectivity index (χ2v) is 7.98. The van der Waals surface area contributed by atoms with E-state index >= 15 is 0 Å². The third-order valence-electron chi connectivity index (χ3n) is 4.37. The van der Waals surface area contributed by atoms with E-state index in [0.29, 0.717) is 17.9 Å². The third-order valence-corrected chi connectivity index (χ3v) is 6.29. The molecular formula is C17H19N3O4S2. The number of hydrogen-bond donors (Lipinski definition) is 3. The molecule has 2 aliphatic heterocycles. The number of phenolic OH excluding ortho intramolecular Hbond substituents is 1. The first-order valence-corrected chi connectivity index (χ1v) is 9.82. The number of nitrogens with zero attached hydrogens (tertiary/aromatic N) is 2. The van der Waals surface area contributed by atoms with Crippen LogP contribution < -0.4 is 16.2 Å². The maximum atomic E-state index is 12.3. The van der Waals surface area contributed by atoms with Gasteiger partial charge < -0.3 is 14.3 Å². The van der Waals surface area contributed by atoms with Crippen LogP contribution in [0, 0.1) is 0 Å². The van der Waals surface area contributed by atoms with Crippen LogP contribution in [0.3, 0.4) is 0 Å². The zero-order chi connectivity index (χ0) is 18.3. The number of hydrogen-bond acceptors (Lipinski definition) is 9. The third kappa shape index (κ3) is 3.39. The molecule has 2 atom stereocenters. The number of benzene rings is 1. The molecule has 2 aliphatic rings. The number of aromatic hydroxyl groups is 1. The minimum absolute atomic E-state index is 0.0549. The lowest BCUT2D eigenvalue weighted by molar-refractivity contribution is 0.0787. The molecule has 0 bridgehead atoms. The number of rotatable bonds is 4. The van der Waals surface area contributed by atoms with Crippen molar-refractivity contribution in [1.29, 1.82) is 0 Å². The van der Waals surface area contributed by atoms with Crippen molar-refractivity contribution in [3.63, 3.8) is 0 Å². The molecule has 4 rings (SSSR count). The molecule has 2 aromatic rings. The van der Waals surface area contributed by atoms with Crippen LogP contribution in [-0.4, -0.2) is 46.6 Å². The summed E-state index contributed by atoms with van der Waals surface area (Å²) in [5.74, 6) is 2.00. The van der Waals surface area contributed by atoms with Gasteiger partial charge in [-0.05, 0) is 18.2 Å². The molecule has 1 aromatic carbocycles. The van der Waals surface area contributed by atoms with Crippen molar-refractivity contribution >= 4 is 41.0 Å². The Bertz CT molecular complexity index is 917. The van der Waals surface area contributed by atoms with E-state index in [1.807, 2.05) is 25.0 Å². The van der Waals surface area contributed by atoms with Gasteiger partial charge in [-0.2, -0.15) is 24.4 Å². The van der Waals surface area contributed by atoms with Crippen LogP contribution in [0.4, 0.5) is 5.69 Å². The highest BCUT2D eigenvalue weighted by molar-refractivity contribution is 8.00. The Hall–Kier alpha value is -1.81. The van der Waals surface area contributed by atoms with Crippen LogP contribution in [0.25, 0.3) is 11.0 Å². The van der Waals surface area contributed by atoms with Gasteiger partial charge in [-0.3, -0.25) is 10.0 Å². The van der Waals surface area contributed by atoms with E-state index in [9.17, 15) is 9.90 Å². The van der Waals surface area contributed by atoms with Crippen molar-refractivity contribution in [1.82, 2.24) is 10.5 Å². The van der Waals surface area contributed by atoms with Crippen LogP contribution in [0.5, 0.6) is 5.75 Å². The molecule has 1 aromatic heterocycles. The van der Waals surface area contributed by atoms with Gasteiger partial charge in [-0.15, -0.1) is 5.53 Å². The van der Waals surface area contributed by atoms with Crippen molar-refractivity contribution < 1.29 is 14.3 Å². The monoisotopic (exact) mass is 393 g/mol. The van der Waals surface area contributed by atoms with Crippen molar-refractivity contribution in [3.05, 3.63) is 46.6 Å². The number of ether oxygens (including phenoxy) is 1. The molecule has 9 heteroatoms. The van der Waals surface area contributed by atoms with Gasteiger partial charge in [0, 0.05) is 41.5 Å². The van der Waals surface area contributed by atoms with Gasteiger partial charge in [-0.1, -0.05) is 0 Å². The van der Waals surface area contributed by atoms with Gasteiger partial charge in [0.1, 0.15) is 17.0 Å². The number of likely N-dealkylation sites (N-methyl/N-ethyl adjacent to an activating group) is 1. The second-order valence-electron chi connectivity index (χ2n) is 6.24. The Balaban J connectivity index is 1.55. The molecule has 7 nitrogen and oxygen atoms in total. The largest absolute Gasteiger partial charge is 0.508 e. The van der Waals surface area contributed by atoms with Gasteiger partial charge in [0.2, 0.25) is 0 Å². The average Bonchev–Trinajstić information content (AvgIpc) is 3.17. The molecular weight excluding hydrogens is 374 g/mol. The molecule has 0 amide bonds. The lowest BCUT2D eigenvalue weighted by Crippen LogP contribution is -2.40. The number of nitrogens with one attached hydrogen (secondary N) is 1. The summed E-state index contributed by atoms with van der Waals surface area (Å²) in [6.07, 6.45) is 1.94. The van der Waals surface area contributed by atoms with Gasteiger partial charge in [0.15, 0.2) is 0 Å². The van der Waals surface area contributed by atoms with E-state index in [2.05, 4.69) is 18.2 Å². The minimum Gasteiger partial charge on any atom is -0.508 e.